The van der Waals surface area contributed by atoms with Crippen LogP contribution in [0.5, 0.6) is 0 Å². The summed E-state index contributed by atoms with van der Waals surface area (Å²) in [4.78, 5) is 16.2. The van der Waals surface area contributed by atoms with Gasteiger partial charge in [0, 0.05) is 37.8 Å². The van der Waals surface area contributed by atoms with Crippen molar-refractivity contribution in [3.8, 4) is 0 Å². The van der Waals surface area contributed by atoms with Gasteiger partial charge in [0.2, 0.25) is 0 Å². The van der Waals surface area contributed by atoms with Crippen molar-refractivity contribution < 1.29 is 4.79 Å². The standard InChI is InChI=1S/C13H12Cl2N2O/c1-17-7-6-16-13(17)5-4-12(18)9-2-3-10(14)11(15)8-9/h2-3,6-8H,4-5H2,1H3. The number of rotatable bonds is 4. The first-order chi connectivity index (χ1) is 8.58. The highest BCUT2D eigenvalue weighted by Crippen LogP contribution is 2.23. The molecule has 5 heteroatoms. The van der Waals surface area contributed by atoms with Crippen LogP contribution in [-0.4, -0.2) is 15.3 Å². The highest BCUT2D eigenvalue weighted by molar-refractivity contribution is 6.42. The summed E-state index contributed by atoms with van der Waals surface area (Å²) >= 11 is 11.7. The van der Waals surface area contributed by atoms with Crippen LogP contribution >= 0.6 is 23.2 Å². The second-order valence-electron chi connectivity index (χ2n) is 4.01. The Morgan fingerprint density at radius 3 is 2.72 bits per heavy atom. The minimum atomic E-state index is 0.0385. The first-order valence-electron chi connectivity index (χ1n) is 5.52. The monoisotopic (exact) mass is 282 g/mol. The van der Waals surface area contributed by atoms with Crippen LogP contribution in [0, 0.1) is 0 Å². The quantitative estimate of drug-likeness (QED) is 0.804. The van der Waals surface area contributed by atoms with Crippen molar-refractivity contribution >= 4 is 29.0 Å². The van der Waals surface area contributed by atoms with Gasteiger partial charge in [0.25, 0.3) is 0 Å². The van der Waals surface area contributed by atoms with E-state index in [0.29, 0.717) is 28.5 Å². The molecule has 0 atom stereocenters. The van der Waals surface area contributed by atoms with E-state index in [-0.39, 0.29) is 5.78 Å². The number of Topliss-reactive ketones (excluding diaryl/α,β-unsaturated/α-hetero) is 1. The molecule has 18 heavy (non-hydrogen) atoms. The molecular weight excluding hydrogens is 271 g/mol. The fraction of sp³-hybridized carbons (Fsp3) is 0.231. The van der Waals surface area contributed by atoms with Crippen molar-refractivity contribution in [2.24, 2.45) is 7.05 Å². The lowest BCUT2D eigenvalue weighted by Gasteiger charge is -2.03. The molecule has 0 radical (unpaired) electrons. The molecule has 0 unspecified atom stereocenters. The number of imidazole rings is 1. The first kappa shape index (κ1) is 13.1. The number of hydrogen-bond donors (Lipinski definition) is 0. The zero-order chi connectivity index (χ0) is 13.1. The van der Waals surface area contributed by atoms with Crippen molar-refractivity contribution in [1.82, 2.24) is 9.55 Å². The molecule has 0 saturated carbocycles. The van der Waals surface area contributed by atoms with Gasteiger partial charge in [-0.05, 0) is 18.2 Å². The number of benzene rings is 1. The second-order valence-corrected chi connectivity index (χ2v) is 4.82. The van der Waals surface area contributed by atoms with Gasteiger partial charge in [-0.2, -0.15) is 0 Å². The average molecular weight is 283 g/mol. The van der Waals surface area contributed by atoms with Crippen LogP contribution in [0.3, 0.4) is 0 Å². The van der Waals surface area contributed by atoms with Gasteiger partial charge in [0.15, 0.2) is 5.78 Å². The Kier molecular flexibility index (Phi) is 4.04. The normalized spacial score (nSPS) is 10.6. The predicted octanol–water partition coefficient (Wildman–Crippen LogP) is 3.54. The number of carbonyl (C=O) groups is 1. The van der Waals surface area contributed by atoms with Crippen LogP contribution in [0.1, 0.15) is 22.6 Å². The van der Waals surface area contributed by atoms with E-state index in [2.05, 4.69) is 4.98 Å². The lowest BCUT2D eigenvalue weighted by atomic mass is 10.1. The Hall–Kier alpha value is -1.32. The van der Waals surface area contributed by atoms with Crippen LogP contribution in [0.25, 0.3) is 0 Å². The largest absolute Gasteiger partial charge is 0.338 e. The Labute approximate surface area is 115 Å². The Balaban J connectivity index is 2.04. The molecule has 94 valence electrons. The lowest BCUT2D eigenvalue weighted by Crippen LogP contribution is -2.04. The van der Waals surface area contributed by atoms with Gasteiger partial charge in [0.05, 0.1) is 10.0 Å². The molecule has 0 aliphatic rings. The number of ketones is 1. The Morgan fingerprint density at radius 1 is 1.33 bits per heavy atom. The number of halogens is 2. The van der Waals surface area contributed by atoms with Crippen molar-refractivity contribution in [3.05, 3.63) is 52.0 Å². The molecule has 1 heterocycles. The van der Waals surface area contributed by atoms with Gasteiger partial charge < -0.3 is 4.57 Å². The summed E-state index contributed by atoms with van der Waals surface area (Å²) in [6.45, 7) is 0. The number of hydrogen-bond acceptors (Lipinski definition) is 2. The maximum Gasteiger partial charge on any atom is 0.163 e. The summed E-state index contributed by atoms with van der Waals surface area (Å²) in [5.41, 5.74) is 0.582. The van der Waals surface area contributed by atoms with Crippen molar-refractivity contribution in [2.45, 2.75) is 12.8 Å². The van der Waals surface area contributed by atoms with E-state index in [1.807, 2.05) is 17.8 Å². The molecule has 0 N–H and O–H groups in total. The molecule has 1 aromatic carbocycles. The number of aryl methyl sites for hydroxylation is 2. The molecular formula is C13H12Cl2N2O. The van der Waals surface area contributed by atoms with Gasteiger partial charge in [0.1, 0.15) is 5.82 Å². The van der Waals surface area contributed by atoms with E-state index >= 15 is 0 Å². The molecule has 0 saturated heterocycles. The van der Waals surface area contributed by atoms with Gasteiger partial charge in [-0.3, -0.25) is 4.79 Å². The molecule has 0 fully saturated rings. The molecule has 0 bridgehead atoms. The second kappa shape index (κ2) is 5.55. The van der Waals surface area contributed by atoms with Crippen molar-refractivity contribution in [2.75, 3.05) is 0 Å². The topological polar surface area (TPSA) is 34.9 Å². The maximum absolute atomic E-state index is 12.0. The number of nitrogens with zero attached hydrogens (tertiary/aromatic N) is 2. The predicted molar refractivity (Wildman–Crippen MR) is 72.3 cm³/mol. The summed E-state index contributed by atoms with van der Waals surface area (Å²) < 4.78 is 1.90. The molecule has 0 aliphatic carbocycles. The minimum absolute atomic E-state index is 0.0385. The number of carbonyl (C=O) groups excluding carboxylic acids is 1. The van der Waals surface area contributed by atoms with Crippen LogP contribution in [-0.2, 0) is 13.5 Å². The molecule has 0 aliphatic heterocycles. The van der Waals surface area contributed by atoms with Gasteiger partial charge in [-0.1, -0.05) is 23.2 Å². The third-order valence-electron chi connectivity index (χ3n) is 2.74. The summed E-state index contributed by atoms with van der Waals surface area (Å²) in [7, 11) is 1.91. The zero-order valence-corrected chi connectivity index (χ0v) is 11.4. The smallest absolute Gasteiger partial charge is 0.163 e. The van der Waals surface area contributed by atoms with Gasteiger partial charge in [-0.25, -0.2) is 4.98 Å². The summed E-state index contributed by atoms with van der Waals surface area (Å²) in [5, 5.41) is 0.858. The van der Waals surface area contributed by atoms with Crippen LogP contribution in [0.15, 0.2) is 30.6 Å². The third kappa shape index (κ3) is 2.92. The molecule has 0 amide bonds. The number of aromatic nitrogens is 2. The fourth-order valence-corrected chi connectivity index (χ4v) is 1.97. The molecule has 0 spiro atoms. The fourth-order valence-electron chi connectivity index (χ4n) is 1.68. The van der Waals surface area contributed by atoms with E-state index in [1.165, 1.54) is 0 Å². The zero-order valence-electron chi connectivity index (χ0n) is 9.86. The van der Waals surface area contributed by atoms with Crippen molar-refractivity contribution in [1.29, 1.82) is 0 Å². The third-order valence-corrected chi connectivity index (χ3v) is 3.48. The van der Waals surface area contributed by atoms with E-state index in [4.69, 9.17) is 23.2 Å². The summed E-state index contributed by atoms with van der Waals surface area (Å²) in [6, 6.07) is 4.93. The van der Waals surface area contributed by atoms with Crippen molar-refractivity contribution in [3.63, 3.8) is 0 Å². The van der Waals surface area contributed by atoms with E-state index < -0.39 is 0 Å². The SMILES string of the molecule is Cn1ccnc1CCC(=O)c1ccc(Cl)c(Cl)c1. The summed E-state index contributed by atoms with van der Waals surface area (Å²) in [5.74, 6) is 0.931. The van der Waals surface area contributed by atoms with E-state index in [1.54, 1.807) is 24.4 Å². The molecule has 3 nitrogen and oxygen atoms in total. The van der Waals surface area contributed by atoms with Crippen LogP contribution in [0.4, 0.5) is 0 Å². The molecule has 1 aromatic heterocycles. The van der Waals surface area contributed by atoms with Gasteiger partial charge in [-0.15, -0.1) is 0 Å². The van der Waals surface area contributed by atoms with E-state index in [9.17, 15) is 4.79 Å². The lowest BCUT2D eigenvalue weighted by molar-refractivity contribution is 0.0982. The highest BCUT2D eigenvalue weighted by Gasteiger charge is 2.09. The Morgan fingerprint density at radius 2 is 2.11 bits per heavy atom. The van der Waals surface area contributed by atoms with Crippen LogP contribution in [0.2, 0.25) is 10.0 Å². The van der Waals surface area contributed by atoms with Crippen LogP contribution < -0.4 is 0 Å². The molecule has 2 aromatic rings. The molecule has 2 rings (SSSR count). The summed E-state index contributed by atoms with van der Waals surface area (Å²) in [6.07, 6.45) is 4.60. The highest BCUT2D eigenvalue weighted by atomic mass is 35.5. The Bertz CT molecular complexity index is 578. The first-order valence-corrected chi connectivity index (χ1v) is 6.28. The van der Waals surface area contributed by atoms with E-state index in [0.717, 1.165) is 5.82 Å². The van der Waals surface area contributed by atoms with Gasteiger partial charge >= 0.3 is 0 Å². The average Bonchev–Trinajstić information content (AvgIpc) is 2.75. The minimum Gasteiger partial charge on any atom is -0.338 e. The maximum atomic E-state index is 12.0.